The van der Waals surface area contributed by atoms with Crippen LogP contribution in [0.1, 0.15) is 31.5 Å². The van der Waals surface area contributed by atoms with E-state index in [-0.39, 0.29) is 24.2 Å². The maximum atomic E-state index is 12.2. The van der Waals surface area contributed by atoms with Gasteiger partial charge in [0.05, 0.1) is 17.9 Å². The van der Waals surface area contributed by atoms with Gasteiger partial charge in [0.2, 0.25) is 5.91 Å². The van der Waals surface area contributed by atoms with E-state index in [1.807, 2.05) is 12.4 Å². The topological polar surface area (TPSA) is 76.1 Å². The Labute approximate surface area is 178 Å². The maximum Gasteiger partial charge on any atom is 0.227 e. The smallest absolute Gasteiger partial charge is 0.227 e. The molecule has 0 aromatic carbocycles. The van der Waals surface area contributed by atoms with Crippen LogP contribution in [-0.2, 0) is 17.8 Å². The Balaban J connectivity index is 1.16. The van der Waals surface area contributed by atoms with E-state index in [1.54, 1.807) is 0 Å². The molecule has 3 atom stereocenters. The Bertz CT molecular complexity index is 874. The normalized spacial score (nSPS) is 29.1. The third-order valence-corrected chi connectivity index (χ3v) is 6.69. The lowest BCUT2D eigenvalue weighted by atomic mass is 9.94. The van der Waals surface area contributed by atoms with E-state index in [1.165, 1.54) is 11.3 Å². The molecule has 30 heavy (non-hydrogen) atoms. The summed E-state index contributed by atoms with van der Waals surface area (Å²) in [7, 11) is 0. The molecule has 1 aromatic heterocycles. The lowest BCUT2D eigenvalue weighted by Gasteiger charge is -2.41. The fourth-order valence-electron chi connectivity index (χ4n) is 4.86. The molecule has 5 heterocycles. The standard InChI is InChI=1S/C22H31N7O/c1-3-17-9-18-19(26-22(17)30)8-16(10-23-18)13-27-4-6-28(7-5-27)21-14-29-12-15(2)25-20(29)11-24-21/h8,10-12,17,20-21,25H,3-7,9,13-14H2,1-2H3,(H,26,30). The summed E-state index contributed by atoms with van der Waals surface area (Å²) in [5.41, 5.74) is 4.29. The number of aliphatic imine (C=N–C) groups is 1. The highest BCUT2D eigenvalue weighted by Crippen LogP contribution is 2.27. The van der Waals surface area contributed by atoms with Gasteiger partial charge in [-0.2, -0.15) is 0 Å². The highest BCUT2D eigenvalue weighted by molar-refractivity contribution is 5.95. The van der Waals surface area contributed by atoms with Crippen LogP contribution in [0.2, 0.25) is 0 Å². The molecule has 8 nitrogen and oxygen atoms in total. The van der Waals surface area contributed by atoms with Crippen molar-refractivity contribution in [1.82, 2.24) is 25.0 Å². The van der Waals surface area contributed by atoms with Crippen molar-refractivity contribution in [3.63, 3.8) is 0 Å². The molecule has 0 spiro atoms. The van der Waals surface area contributed by atoms with E-state index >= 15 is 0 Å². The second-order valence-corrected chi connectivity index (χ2v) is 8.83. The SMILES string of the molecule is CCC1Cc2ncc(CN3CCN(C4CN5C=C(C)NC5C=N4)CC3)cc2NC1=O. The number of carbonyl (C=O) groups excluding carboxylic acids is 1. The van der Waals surface area contributed by atoms with E-state index < -0.39 is 0 Å². The Hall–Kier alpha value is -2.45. The van der Waals surface area contributed by atoms with Gasteiger partial charge in [-0.1, -0.05) is 6.92 Å². The van der Waals surface area contributed by atoms with Crippen LogP contribution in [0.3, 0.4) is 0 Å². The van der Waals surface area contributed by atoms with Crippen molar-refractivity contribution in [1.29, 1.82) is 0 Å². The summed E-state index contributed by atoms with van der Waals surface area (Å²) in [6, 6.07) is 2.11. The number of pyridine rings is 1. The molecular formula is C22H31N7O. The van der Waals surface area contributed by atoms with Crippen LogP contribution in [0.4, 0.5) is 5.69 Å². The largest absolute Gasteiger partial charge is 0.363 e. The monoisotopic (exact) mass is 409 g/mol. The average Bonchev–Trinajstić information content (AvgIpc) is 3.13. The molecule has 0 radical (unpaired) electrons. The van der Waals surface area contributed by atoms with Crippen molar-refractivity contribution in [2.75, 3.05) is 38.0 Å². The predicted octanol–water partition coefficient (Wildman–Crippen LogP) is 1.22. The van der Waals surface area contributed by atoms with Gasteiger partial charge < -0.3 is 15.5 Å². The number of carbonyl (C=O) groups is 1. The molecule has 3 unspecified atom stereocenters. The van der Waals surface area contributed by atoms with Gasteiger partial charge in [0.1, 0.15) is 12.3 Å². The first-order valence-corrected chi connectivity index (χ1v) is 11.1. The fraction of sp³-hybridized carbons (Fsp3) is 0.591. The second kappa shape index (κ2) is 8.00. The van der Waals surface area contributed by atoms with Gasteiger partial charge in [-0.3, -0.25) is 24.6 Å². The number of fused-ring (bicyclic) bond motifs is 2. The van der Waals surface area contributed by atoms with E-state index in [9.17, 15) is 4.79 Å². The van der Waals surface area contributed by atoms with Crippen LogP contribution in [0.5, 0.6) is 0 Å². The maximum absolute atomic E-state index is 12.2. The number of hydrogen-bond acceptors (Lipinski definition) is 7. The molecule has 1 aromatic rings. The molecule has 4 aliphatic heterocycles. The number of rotatable bonds is 4. The molecule has 1 fully saturated rings. The van der Waals surface area contributed by atoms with Crippen molar-refractivity contribution < 1.29 is 4.79 Å². The van der Waals surface area contributed by atoms with E-state index in [4.69, 9.17) is 4.99 Å². The molecule has 5 rings (SSSR count). The Morgan fingerprint density at radius 2 is 2.07 bits per heavy atom. The van der Waals surface area contributed by atoms with Gasteiger partial charge in [-0.05, 0) is 25.0 Å². The lowest BCUT2D eigenvalue weighted by molar-refractivity contribution is -0.120. The highest BCUT2D eigenvalue weighted by Gasteiger charge is 2.31. The molecule has 8 heteroatoms. The summed E-state index contributed by atoms with van der Waals surface area (Å²) in [6.45, 7) is 10.0. The van der Waals surface area contributed by atoms with Crippen LogP contribution in [0, 0.1) is 5.92 Å². The predicted molar refractivity (Wildman–Crippen MR) is 117 cm³/mol. The first-order chi connectivity index (χ1) is 14.6. The molecule has 1 saturated heterocycles. The molecule has 4 aliphatic rings. The minimum Gasteiger partial charge on any atom is -0.363 e. The van der Waals surface area contributed by atoms with Gasteiger partial charge in [0, 0.05) is 69.4 Å². The summed E-state index contributed by atoms with van der Waals surface area (Å²) in [5.74, 6) is 0.184. The van der Waals surface area contributed by atoms with Crippen LogP contribution < -0.4 is 10.6 Å². The summed E-state index contributed by atoms with van der Waals surface area (Å²) in [6.07, 6.45) is 8.30. The molecular weight excluding hydrogens is 378 g/mol. The van der Waals surface area contributed by atoms with Crippen LogP contribution in [0.15, 0.2) is 29.2 Å². The van der Waals surface area contributed by atoms with Crippen molar-refractivity contribution in [3.8, 4) is 0 Å². The summed E-state index contributed by atoms with van der Waals surface area (Å²) in [5, 5.41) is 6.47. The number of anilines is 1. The number of piperazine rings is 1. The fourth-order valence-corrected chi connectivity index (χ4v) is 4.86. The van der Waals surface area contributed by atoms with Crippen molar-refractivity contribution >= 4 is 17.8 Å². The van der Waals surface area contributed by atoms with Crippen LogP contribution >= 0.6 is 0 Å². The lowest BCUT2D eigenvalue weighted by Crippen LogP contribution is -2.55. The minimum absolute atomic E-state index is 0.0531. The summed E-state index contributed by atoms with van der Waals surface area (Å²) >= 11 is 0. The third kappa shape index (κ3) is 3.81. The number of amides is 1. The van der Waals surface area contributed by atoms with Gasteiger partial charge in [0.25, 0.3) is 0 Å². The Morgan fingerprint density at radius 3 is 2.87 bits per heavy atom. The van der Waals surface area contributed by atoms with Gasteiger partial charge >= 0.3 is 0 Å². The highest BCUT2D eigenvalue weighted by atomic mass is 16.1. The molecule has 2 N–H and O–H groups in total. The van der Waals surface area contributed by atoms with Gasteiger partial charge in [-0.15, -0.1) is 0 Å². The van der Waals surface area contributed by atoms with Gasteiger partial charge in [-0.25, -0.2) is 0 Å². The number of nitrogens with zero attached hydrogens (tertiary/aromatic N) is 5. The molecule has 0 bridgehead atoms. The first-order valence-electron chi connectivity index (χ1n) is 11.1. The summed E-state index contributed by atoms with van der Waals surface area (Å²) in [4.78, 5) is 28.9. The minimum atomic E-state index is 0.0531. The van der Waals surface area contributed by atoms with Crippen LogP contribution in [0.25, 0.3) is 0 Å². The van der Waals surface area contributed by atoms with Crippen LogP contribution in [-0.4, -0.2) is 76.9 Å². The number of allylic oxidation sites excluding steroid dienone is 1. The Kier molecular flexibility index (Phi) is 5.20. The molecule has 0 saturated carbocycles. The van der Waals surface area contributed by atoms with E-state index in [0.29, 0.717) is 0 Å². The zero-order chi connectivity index (χ0) is 20.7. The zero-order valence-electron chi connectivity index (χ0n) is 17.8. The van der Waals surface area contributed by atoms with Crippen molar-refractivity contribution in [2.24, 2.45) is 10.9 Å². The van der Waals surface area contributed by atoms with E-state index in [2.05, 4.69) is 56.4 Å². The van der Waals surface area contributed by atoms with Gasteiger partial charge in [0.15, 0.2) is 0 Å². The van der Waals surface area contributed by atoms with E-state index in [0.717, 1.165) is 63.5 Å². The second-order valence-electron chi connectivity index (χ2n) is 8.83. The first kappa shape index (κ1) is 19.5. The van der Waals surface area contributed by atoms with Crippen molar-refractivity contribution in [2.45, 2.75) is 45.6 Å². The quantitative estimate of drug-likeness (QED) is 0.779. The van der Waals surface area contributed by atoms with Crippen molar-refractivity contribution in [3.05, 3.63) is 35.4 Å². The number of hydrogen-bond donors (Lipinski definition) is 2. The Morgan fingerprint density at radius 1 is 1.23 bits per heavy atom. The summed E-state index contributed by atoms with van der Waals surface area (Å²) < 4.78 is 0. The third-order valence-electron chi connectivity index (χ3n) is 6.69. The number of nitrogens with one attached hydrogen (secondary N) is 2. The molecule has 1 amide bonds. The average molecular weight is 410 g/mol. The molecule has 0 aliphatic carbocycles. The number of aromatic nitrogens is 1. The zero-order valence-corrected chi connectivity index (χ0v) is 17.8. The molecule has 160 valence electrons.